The molecule has 186 valence electrons. The van der Waals surface area contributed by atoms with Crippen molar-refractivity contribution in [2.45, 2.75) is 57.5 Å². The lowest BCUT2D eigenvalue weighted by atomic mass is 10.1. The summed E-state index contributed by atoms with van der Waals surface area (Å²) < 4.78 is 38.3. The van der Waals surface area contributed by atoms with Crippen LogP contribution in [-0.2, 0) is 27.8 Å². The van der Waals surface area contributed by atoms with Gasteiger partial charge in [0.2, 0.25) is 15.9 Å². The van der Waals surface area contributed by atoms with Gasteiger partial charge < -0.3 is 14.6 Å². The van der Waals surface area contributed by atoms with Gasteiger partial charge in [0, 0.05) is 18.8 Å². The third-order valence-corrected chi connectivity index (χ3v) is 8.11. The predicted molar refractivity (Wildman–Crippen MR) is 133 cm³/mol. The molecule has 0 aliphatic carbocycles. The zero-order valence-corrected chi connectivity index (χ0v) is 20.9. The Labute approximate surface area is 206 Å². The normalized spacial score (nSPS) is 14.9. The van der Waals surface area contributed by atoms with Crippen LogP contribution in [0.25, 0.3) is 0 Å². The number of anilines is 1. The third-order valence-electron chi connectivity index (χ3n) is 6.19. The number of rotatable bonds is 8. The van der Waals surface area contributed by atoms with Crippen LogP contribution < -0.4 is 10.1 Å². The van der Waals surface area contributed by atoms with E-state index in [1.54, 1.807) is 28.6 Å². The van der Waals surface area contributed by atoms with Gasteiger partial charge in [-0.05, 0) is 68.7 Å². The van der Waals surface area contributed by atoms with Crippen LogP contribution in [0.15, 0.2) is 57.9 Å². The molecule has 1 aliphatic heterocycles. The van der Waals surface area contributed by atoms with Gasteiger partial charge in [-0.25, -0.2) is 8.42 Å². The zero-order valence-electron chi connectivity index (χ0n) is 20.1. The molecule has 1 saturated heterocycles. The Morgan fingerprint density at radius 2 is 1.66 bits per heavy atom. The molecule has 0 bridgehead atoms. The molecule has 35 heavy (non-hydrogen) atoms. The average molecular weight is 498 g/mol. The van der Waals surface area contributed by atoms with E-state index < -0.39 is 10.0 Å². The number of hydrogen-bond acceptors (Lipinski definition) is 6. The fraction of sp³-hybridized carbons (Fsp3) is 0.385. The summed E-state index contributed by atoms with van der Waals surface area (Å²) >= 11 is 0. The van der Waals surface area contributed by atoms with Crippen molar-refractivity contribution in [3.05, 3.63) is 71.1 Å². The summed E-state index contributed by atoms with van der Waals surface area (Å²) in [7, 11) is -3.51. The number of amides is 1. The van der Waals surface area contributed by atoms with Crippen molar-refractivity contribution in [2.75, 3.05) is 18.4 Å². The highest BCUT2D eigenvalue weighted by atomic mass is 32.2. The van der Waals surface area contributed by atoms with Crippen molar-refractivity contribution in [1.29, 1.82) is 0 Å². The SMILES string of the molecule is Cc1noc(C)c1COc1ccc(CC(=O)Nc2ccc(S(=O)(=O)N3CCCCCC3)cc2)cc1. The Morgan fingerprint density at radius 1 is 1.00 bits per heavy atom. The minimum Gasteiger partial charge on any atom is -0.489 e. The molecule has 1 aliphatic rings. The van der Waals surface area contributed by atoms with E-state index in [4.69, 9.17) is 9.26 Å². The van der Waals surface area contributed by atoms with E-state index in [-0.39, 0.29) is 17.2 Å². The molecular formula is C26H31N3O5S. The molecule has 8 nitrogen and oxygen atoms in total. The number of carbonyl (C=O) groups is 1. The van der Waals surface area contributed by atoms with Gasteiger partial charge in [0.15, 0.2) is 0 Å². The van der Waals surface area contributed by atoms with Crippen molar-refractivity contribution in [2.24, 2.45) is 0 Å². The van der Waals surface area contributed by atoms with Crippen LogP contribution in [0.3, 0.4) is 0 Å². The van der Waals surface area contributed by atoms with E-state index in [0.717, 1.165) is 48.3 Å². The second-order valence-corrected chi connectivity index (χ2v) is 10.7. The van der Waals surface area contributed by atoms with Crippen LogP contribution in [0, 0.1) is 13.8 Å². The maximum atomic E-state index is 12.9. The number of benzene rings is 2. The van der Waals surface area contributed by atoms with Crippen molar-refractivity contribution < 1.29 is 22.5 Å². The van der Waals surface area contributed by atoms with Gasteiger partial charge in [0.05, 0.1) is 22.6 Å². The highest BCUT2D eigenvalue weighted by Gasteiger charge is 2.25. The lowest BCUT2D eigenvalue weighted by Gasteiger charge is -2.20. The average Bonchev–Trinajstić information content (AvgIpc) is 3.03. The second-order valence-electron chi connectivity index (χ2n) is 8.80. The highest BCUT2D eigenvalue weighted by molar-refractivity contribution is 7.89. The summed E-state index contributed by atoms with van der Waals surface area (Å²) in [5, 5.41) is 6.75. The summed E-state index contributed by atoms with van der Waals surface area (Å²) in [5.74, 6) is 1.25. The number of hydrogen-bond donors (Lipinski definition) is 1. The van der Waals surface area contributed by atoms with Crippen molar-refractivity contribution in [3.8, 4) is 5.75 Å². The van der Waals surface area contributed by atoms with Crippen LogP contribution in [0.5, 0.6) is 5.75 Å². The van der Waals surface area contributed by atoms with E-state index >= 15 is 0 Å². The van der Waals surface area contributed by atoms with Crippen LogP contribution in [0.2, 0.25) is 0 Å². The molecule has 3 aromatic rings. The van der Waals surface area contributed by atoms with Gasteiger partial charge in [0.1, 0.15) is 18.1 Å². The largest absolute Gasteiger partial charge is 0.489 e. The van der Waals surface area contributed by atoms with E-state index in [2.05, 4.69) is 10.5 Å². The Balaban J connectivity index is 1.30. The molecule has 2 heterocycles. The first-order chi connectivity index (χ1) is 16.8. The molecule has 0 spiro atoms. The van der Waals surface area contributed by atoms with Crippen LogP contribution in [-0.4, -0.2) is 36.9 Å². The summed E-state index contributed by atoms with van der Waals surface area (Å²) in [6.07, 6.45) is 4.10. The van der Waals surface area contributed by atoms with Crippen molar-refractivity contribution in [3.63, 3.8) is 0 Å². The quantitative estimate of drug-likeness (QED) is 0.487. The molecule has 0 atom stereocenters. The van der Waals surface area contributed by atoms with Gasteiger partial charge in [-0.3, -0.25) is 4.79 Å². The van der Waals surface area contributed by atoms with Crippen LogP contribution >= 0.6 is 0 Å². The number of nitrogens with zero attached hydrogens (tertiary/aromatic N) is 2. The number of nitrogens with one attached hydrogen (secondary N) is 1. The Kier molecular flexibility index (Phi) is 7.87. The Hall–Kier alpha value is -3.17. The number of aromatic nitrogens is 1. The second kappa shape index (κ2) is 11.0. The molecule has 1 fully saturated rings. The maximum absolute atomic E-state index is 12.9. The van der Waals surface area contributed by atoms with Gasteiger partial charge in [-0.2, -0.15) is 4.31 Å². The molecule has 0 unspecified atom stereocenters. The summed E-state index contributed by atoms with van der Waals surface area (Å²) in [6, 6.07) is 13.7. The van der Waals surface area contributed by atoms with Gasteiger partial charge in [0.25, 0.3) is 0 Å². The summed E-state index contributed by atoms with van der Waals surface area (Å²) in [4.78, 5) is 12.8. The molecule has 4 rings (SSSR count). The van der Waals surface area contributed by atoms with Crippen molar-refractivity contribution in [1.82, 2.24) is 9.46 Å². The first-order valence-corrected chi connectivity index (χ1v) is 13.3. The Bertz CT molecular complexity index is 1220. The maximum Gasteiger partial charge on any atom is 0.243 e. The topological polar surface area (TPSA) is 102 Å². The molecule has 2 aromatic carbocycles. The zero-order chi connectivity index (χ0) is 24.8. The van der Waals surface area contributed by atoms with Crippen LogP contribution in [0.4, 0.5) is 5.69 Å². The van der Waals surface area contributed by atoms with Crippen LogP contribution in [0.1, 0.15) is 48.3 Å². The molecule has 1 N–H and O–H groups in total. The van der Waals surface area contributed by atoms with E-state index in [9.17, 15) is 13.2 Å². The number of aryl methyl sites for hydroxylation is 2. The van der Waals surface area contributed by atoms with Gasteiger partial charge >= 0.3 is 0 Å². The smallest absolute Gasteiger partial charge is 0.243 e. The minimum absolute atomic E-state index is 0.183. The molecule has 0 saturated carbocycles. The first kappa shape index (κ1) is 24.9. The van der Waals surface area contributed by atoms with E-state index in [1.165, 1.54) is 0 Å². The number of sulfonamides is 1. The number of carbonyl (C=O) groups excluding carboxylic acids is 1. The lowest BCUT2D eigenvalue weighted by Crippen LogP contribution is -2.31. The molecule has 1 amide bonds. The fourth-order valence-electron chi connectivity index (χ4n) is 4.10. The van der Waals surface area contributed by atoms with E-state index in [0.29, 0.717) is 31.1 Å². The molecular weight excluding hydrogens is 466 g/mol. The minimum atomic E-state index is -3.51. The molecule has 1 aromatic heterocycles. The van der Waals surface area contributed by atoms with Gasteiger partial charge in [-0.1, -0.05) is 30.1 Å². The summed E-state index contributed by atoms with van der Waals surface area (Å²) in [6.45, 7) is 5.21. The lowest BCUT2D eigenvalue weighted by molar-refractivity contribution is -0.115. The predicted octanol–water partition coefficient (Wildman–Crippen LogP) is 4.62. The Morgan fingerprint density at radius 3 is 2.26 bits per heavy atom. The standard InChI is InChI=1S/C26H31N3O5S/c1-19-25(20(2)34-28-19)18-33-23-11-7-21(8-12-23)17-26(30)27-22-9-13-24(14-10-22)35(31,32)29-15-5-3-4-6-16-29/h7-14H,3-6,15-18H2,1-2H3,(H,27,30). The molecule has 0 radical (unpaired) electrons. The fourth-order valence-corrected chi connectivity index (χ4v) is 5.62. The molecule has 9 heteroatoms. The van der Waals surface area contributed by atoms with Gasteiger partial charge in [-0.15, -0.1) is 0 Å². The summed E-state index contributed by atoms with van der Waals surface area (Å²) in [5.41, 5.74) is 3.14. The first-order valence-electron chi connectivity index (χ1n) is 11.9. The van der Waals surface area contributed by atoms with E-state index in [1.807, 2.05) is 38.1 Å². The third kappa shape index (κ3) is 6.29. The van der Waals surface area contributed by atoms with Crippen molar-refractivity contribution >= 4 is 21.6 Å². The monoisotopic (exact) mass is 497 g/mol. The number of ether oxygens (including phenoxy) is 1. The highest BCUT2D eigenvalue weighted by Crippen LogP contribution is 2.22.